The van der Waals surface area contributed by atoms with E-state index in [0.717, 1.165) is 5.56 Å². The van der Waals surface area contributed by atoms with Crippen LogP contribution in [0.5, 0.6) is 0 Å². The molecule has 22 heavy (non-hydrogen) atoms. The fraction of sp³-hybridized carbons (Fsp3) is 0.125. The molecule has 4 nitrogen and oxygen atoms in total. The Kier molecular flexibility index (Phi) is 5.06. The molecule has 0 unspecified atom stereocenters. The standard InChI is InChI=1S/C16H14Cl2N2O2/c1-9-5-14(3-4-15(9)19-10(2)21)20-16(22)11-6-12(17)8-13(18)7-11/h3-8H,1-2H3,(H,19,21)(H,20,22). The van der Waals surface area contributed by atoms with E-state index >= 15 is 0 Å². The number of halogens is 2. The third-order valence-electron chi connectivity index (χ3n) is 2.92. The van der Waals surface area contributed by atoms with Crippen molar-refractivity contribution >= 4 is 46.4 Å². The number of aryl methyl sites for hydroxylation is 1. The van der Waals surface area contributed by atoms with Crippen LogP contribution in [0, 0.1) is 6.92 Å². The highest BCUT2D eigenvalue weighted by molar-refractivity contribution is 6.35. The maximum Gasteiger partial charge on any atom is 0.255 e. The molecule has 0 aromatic heterocycles. The van der Waals surface area contributed by atoms with Gasteiger partial charge in [-0.25, -0.2) is 0 Å². The number of anilines is 2. The summed E-state index contributed by atoms with van der Waals surface area (Å²) < 4.78 is 0. The normalized spacial score (nSPS) is 10.2. The molecule has 0 saturated heterocycles. The maximum absolute atomic E-state index is 12.2. The molecule has 2 rings (SSSR count). The first-order valence-corrected chi connectivity index (χ1v) is 7.26. The molecule has 2 N–H and O–H groups in total. The molecular weight excluding hydrogens is 323 g/mol. The number of nitrogens with one attached hydrogen (secondary N) is 2. The molecule has 0 aliphatic rings. The van der Waals surface area contributed by atoms with Gasteiger partial charge < -0.3 is 10.6 Å². The third kappa shape index (κ3) is 4.23. The summed E-state index contributed by atoms with van der Waals surface area (Å²) in [4.78, 5) is 23.3. The van der Waals surface area contributed by atoms with Crippen molar-refractivity contribution in [3.63, 3.8) is 0 Å². The van der Waals surface area contributed by atoms with E-state index in [-0.39, 0.29) is 11.8 Å². The molecule has 0 atom stereocenters. The molecule has 0 saturated carbocycles. The summed E-state index contributed by atoms with van der Waals surface area (Å²) >= 11 is 11.8. The van der Waals surface area contributed by atoms with E-state index in [4.69, 9.17) is 23.2 Å². The number of carbonyl (C=O) groups is 2. The first-order valence-electron chi connectivity index (χ1n) is 6.51. The predicted octanol–water partition coefficient (Wildman–Crippen LogP) is 4.51. The van der Waals surface area contributed by atoms with Gasteiger partial charge in [0.1, 0.15) is 0 Å². The number of carbonyl (C=O) groups excluding carboxylic acids is 2. The largest absolute Gasteiger partial charge is 0.326 e. The van der Waals surface area contributed by atoms with Gasteiger partial charge in [0.15, 0.2) is 0 Å². The summed E-state index contributed by atoms with van der Waals surface area (Å²) in [5.41, 5.74) is 2.54. The van der Waals surface area contributed by atoms with Gasteiger partial charge in [0.2, 0.25) is 5.91 Å². The van der Waals surface area contributed by atoms with Crippen molar-refractivity contribution in [2.45, 2.75) is 13.8 Å². The summed E-state index contributed by atoms with van der Waals surface area (Å²) in [6.07, 6.45) is 0. The molecule has 0 fully saturated rings. The Bertz CT molecular complexity index is 725. The molecule has 0 aliphatic heterocycles. The second-order valence-corrected chi connectivity index (χ2v) is 5.70. The first kappa shape index (κ1) is 16.3. The van der Waals surface area contributed by atoms with Crippen LogP contribution in [0.3, 0.4) is 0 Å². The number of benzene rings is 2. The highest BCUT2D eigenvalue weighted by Gasteiger charge is 2.09. The Balaban J connectivity index is 2.18. The van der Waals surface area contributed by atoms with E-state index in [1.54, 1.807) is 36.4 Å². The zero-order valence-electron chi connectivity index (χ0n) is 12.0. The number of rotatable bonds is 3. The van der Waals surface area contributed by atoms with Crippen LogP contribution in [0.1, 0.15) is 22.8 Å². The minimum atomic E-state index is -0.309. The topological polar surface area (TPSA) is 58.2 Å². The second kappa shape index (κ2) is 6.81. The van der Waals surface area contributed by atoms with Crippen LogP contribution in [0.2, 0.25) is 10.0 Å². The van der Waals surface area contributed by atoms with Crippen LogP contribution in [0.15, 0.2) is 36.4 Å². The van der Waals surface area contributed by atoms with Gasteiger partial charge in [-0.05, 0) is 48.9 Å². The van der Waals surface area contributed by atoms with Crippen molar-refractivity contribution in [2.24, 2.45) is 0 Å². The Morgan fingerprint density at radius 2 is 1.59 bits per heavy atom. The van der Waals surface area contributed by atoms with Gasteiger partial charge in [-0.15, -0.1) is 0 Å². The van der Waals surface area contributed by atoms with Crippen LogP contribution in [0.4, 0.5) is 11.4 Å². The third-order valence-corrected chi connectivity index (χ3v) is 3.36. The Morgan fingerprint density at radius 3 is 2.14 bits per heavy atom. The molecule has 0 aliphatic carbocycles. The molecule has 114 valence electrons. The molecule has 0 bridgehead atoms. The summed E-state index contributed by atoms with van der Waals surface area (Å²) in [5.74, 6) is -0.454. The monoisotopic (exact) mass is 336 g/mol. The van der Waals surface area contributed by atoms with Gasteiger partial charge in [0, 0.05) is 33.9 Å². The lowest BCUT2D eigenvalue weighted by atomic mass is 10.1. The van der Waals surface area contributed by atoms with Gasteiger partial charge >= 0.3 is 0 Å². The Labute approximate surface area is 138 Å². The zero-order valence-corrected chi connectivity index (χ0v) is 13.5. The minimum Gasteiger partial charge on any atom is -0.326 e. The Hall–Kier alpha value is -2.04. The van der Waals surface area contributed by atoms with Crippen molar-refractivity contribution in [3.05, 3.63) is 57.6 Å². The summed E-state index contributed by atoms with van der Waals surface area (Å²) in [6.45, 7) is 3.29. The van der Waals surface area contributed by atoms with E-state index < -0.39 is 0 Å². The quantitative estimate of drug-likeness (QED) is 0.866. The molecule has 2 aromatic carbocycles. The summed E-state index contributed by atoms with van der Waals surface area (Å²) in [7, 11) is 0. The van der Waals surface area contributed by atoms with E-state index in [9.17, 15) is 9.59 Å². The van der Waals surface area contributed by atoms with Crippen molar-refractivity contribution < 1.29 is 9.59 Å². The fourth-order valence-electron chi connectivity index (χ4n) is 1.96. The average molecular weight is 337 g/mol. The van der Waals surface area contributed by atoms with Crippen LogP contribution < -0.4 is 10.6 Å². The van der Waals surface area contributed by atoms with Crippen molar-refractivity contribution in [3.8, 4) is 0 Å². The van der Waals surface area contributed by atoms with Crippen LogP contribution in [0.25, 0.3) is 0 Å². The van der Waals surface area contributed by atoms with Crippen LogP contribution in [-0.4, -0.2) is 11.8 Å². The van der Waals surface area contributed by atoms with E-state index in [1.165, 1.54) is 6.92 Å². The molecule has 2 amide bonds. The highest BCUT2D eigenvalue weighted by Crippen LogP contribution is 2.22. The zero-order chi connectivity index (χ0) is 16.3. The van der Waals surface area contributed by atoms with E-state index in [0.29, 0.717) is 27.0 Å². The van der Waals surface area contributed by atoms with Crippen molar-refractivity contribution in [2.75, 3.05) is 10.6 Å². The first-order chi connectivity index (χ1) is 10.3. The van der Waals surface area contributed by atoms with Gasteiger partial charge in [-0.1, -0.05) is 23.2 Å². The van der Waals surface area contributed by atoms with Crippen LogP contribution in [-0.2, 0) is 4.79 Å². The Morgan fingerprint density at radius 1 is 0.955 bits per heavy atom. The van der Waals surface area contributed by atoms with E-state index in [2.05, 4.69) is 10.6 Å². The number of hydrogen-bond acceptors (Lipinski definition) is 2. The fourth-order valence-corrected chi connectivity index (χ4v) is 2.49. The lowest BCUT2D eigenvalue weighted by Crippen LogP contribution is -2.12. The number of hydrogen-bond donors (Lipinski definition) is 2. The SMILES string of the molecule is CC(=O)Nc1ccc(NC(=O)c2cc(Cl)cc(Cl)c2)cc1C. The predicted molar refractivity (Wildman–Crippen MR) is 89.9 cm³/mol. The molecule has 0 radical (unpaired) electrons. The van der Waals surface area contributed by atoms with E-state index in [1.807, 2.05) is 6.92 Å². The summed E-state index contributed by atoms with van der Waals surface area (Å²) in [5, 5.41) is 6.27. The van der Waals surface area contributed by atoms with Gasteiger partial charge in [-0.2, -0.15) is 0 Å². The van der Waals surface area contributed by atoms with Crippen LogP contribution >= 0.6 is 23.2 Å². The van der Waals surface area contributed by atoms with Crippen molar-refractivity contribution in [1.29, 1.82) is 0 Å². The van der Waals surface area contributed by atoms with Gasteiger partial charge in [-0.3, -0.25) is 9.59 Å². The molecule has 2 aromatic rings. The summed E-state index contributed by atoms with van der Waals surface area (Å²) in [6, 6.07) is 9.86. The lowest BCUT2D eigenvalue weighted by Gasteiger charge is -2.10. The number of amides is 2. The lowest BCUT2D eigenvalue weighted by molar-refractivity contribution is -0.114. The molecule has 0 spiro atoms. The molecule has 0 heterocycles. The average Bonchev–Trinajstić information content (AvgIpc) is 2.40. The smallest absolute Gasteiger partial charge is 0.255 e. The molecular formula is C16H14Cl2N2O2. The second-order valence-electron chi connectivity index (χ2n) is 4.82. The highest BCUT2D eigenvalue weighted by atomic mass is 35.5. The van der Waals surface area contributed by atoms with Gasteiger partial charge in [0.25, 0.3) is 5.91 Å². The van der Waals surface area contributed by atoms with Crippen molar-refractivity contribution in [1.82, 2.24) is 0 Å². The van der Waals surface area contributed by atoms with Gasteiger partial charge in [0.05, 0.1) is 0 Å². The molecule has 6 heteroatoms. The minimum absolute atomic E-state index is 0.145. The maximum atomic E-state index is 12.2.